The van der Waals surface area contributed by atoms with Crippen LogP contribution in [0.15, 0.2) is 18.2 Å². The maximum absolute atomic E-state index is 10.8. The van der Waals surface area contributed by atoms with E-state index in [1.807, 2.05) is 41.6 Å². The number of hydrogen-bond donors (Lipinski definition) is 0. The van der Waals surface area contributed by atoms with Crippen molar-refractivity contribution in [1.29, 1.82) is 0 Å². The molecule has 1 rings (SSSR count). The summed E-state index contributed by atoms with van der Waals surface area (Å²) >= 11 is 2.04. The van der Waals surface area contributed by atoms with E-state index >= 15 is 0 Å². The van der Waals surface area contributed by atoms with Crippen molar-refractivity contribution in [3.63, 3.8) is 0 Å². The smallest absolute Gasteiger partial charge is 0.306 e. The van der Waals surface area contributed by atoms with Gasteiger partial charge in [-0.1, -0.05) is 6.07 Å². The molecule has 3 nitrogen and oxygen atoms in total. The zero-order chi connectivity index (χ0) is 10.1. The van der Waals surface area contributed by atoms with Crippen LogP contribution in [-0.4, -0.2) is 14.7 Å². The van der Waals surface area contributed by atoms with E-state index in [1.54, 1.807) is 6.07 Å². The highest BCUT2D eigenvalue weighted by molar-refractivity contribution is 14.1. The molecular formula is C8H9IO3S. The summed E-state index contributed by atoms with van der Waals surface area (Å²) in [4.78, 5) is 0. The van der Waals surface area contributed by atoms with Gasteiger partial charge in [0.1, 0.15) is 0 Å². The molecule has 72 valence electrons. The minimum absolute atomic E-state index is 0.383. The van der Waals surface area contributed by atoms with Crippen molar-refractivity contribution in [3.8, 4) is 5.75 Å². The molecule has 13 heavy (non-hydrogen) atoms. The van der Waals surface area contributed by atoms with Crippen LogP contribution in [0.4, 0.5) is 0 Å². The van der Waals surface area contributed by atoms with Crippen LogP contribution in [0.2, 0.25) is 0 Å². The van der Waals surface area contributed by atoms with Crippen molar-refractivity contribution >= 4 is 32.7 Å². The number of halogens is 1. The van der Waals surface area contributed by atoms with E-state index < -0.39 is 10.1 Å². The summed E-state index contributed by atoms with van der Waals surface area (Å²) < 4.78 is 27.2. The van der Waals surface area contributed by atoms with Crippen LogP contribution in [0, 0.1) is 10.5 Å². The Hall–Kier alpha value is -0.300. The standard InChI is InChI=1S/C8H9IO3S/c1-6-3-4-8(7(9)5-6)12-13(2,10)11/h3-5H,1-2H3. The first-order valence-electron chi connectivity index (χ1n) is 3.54. The zero-order valence-corrected chi connectivity index (χ0v) is 10.2. The van der Waals surface area contributed by atoms with E-state index in [9.17, 15) is 8.42 Å². The predicted molar refractivity (Wildman–Crippen MR) is 59.4 cm³/mol. The van der Waals surface area contributed by atoms with Crippen molar-refractivity contribution in [3.05, 3.63) is 27.3 Å². The molecule has 0 saturated carbocycles. The summed E-state index contributed by atoms with van der Waals surface area (Å²) in [5, 5.41) is 0. The average molecular weight is 312 g/mol. The van der Waals surface area contributed by atoms with Gasteiger partial charge in [0.2, 0.25) is 0 Å². The van der Waals surface area contributed by atoms with Crippen molar-refractivity contribution < 1.29 is 12.6 Å². The number of benzene rings is 1. The Morgan fingerprint density at radius 3 is 2.46 bits per heavy atom. The molecule has 0 aliphatic carbocycles. The highest BCUT2D eigenvalue weighted by Gasteiger charge is 2.07. The van der Waals surface area contributed by atoms with Gasteiger partial charge in [-0.2, -0.15) is 8.42 Å². The van der Waals surface area contributed by atoms with Crippen LogP contribution in [-0.2, 0) is 10.1 Å². The number of hydrogen-bond acceptors (Lipinski definition) is 3. The molecule has 5 heteroatoms. The first-order valence-corrected chi connectivity index (χ1v) is 6.43. The molecule has 0 aliphatic heterocycles. The fourth-order valence-electron chi connectivity index (χ4n) is 0.837. The van der Waals surface area contributed by atoms with Gasteiger partial charge in [0.05, 0.1) is 9.83 Å². The van der Waals surface area contributed by atoms with Crippen molar-refractivity contribution in [2.24, 2.45) is 0 Å². The molecule has 0 amide bonds. The number of rotatable bonds is 2. The molecule has 0 aliphatic rings. The maximum atomic E-state index is 10.8. The molecule has 0 saturated heterocycles. The van der Waals surface area contributed by atoms with Gasteiger partial charge in [0.25, 0.3) is 0 Å². The minimum Gasteiger partial charge on any atom is -0.381 e. The largest absolute Gasteiger partial charge is 0.381 e. The summed E-state index contributed by atoms with van der Waals surface area (Å²) in [5.41, 5.74) is 1.07. The Balaban J connectivity index is 3.04. The third-order valence-corrected chi connectivity index (χ3v) is 2.65. The van der Waals surface area contributed by atoms with Crippen molar-refractivity contribution in [2.45, 2.75) is 6.92 Å². The van der Waals surface area contributed by atoms with Crippen LogP contribution in [0.3, 0.4) is 0 Å². The lowest BCUT2D eigenvalue weighted by Gasteiger charge is -2.05. The first kappa shape index (κ1) is 10.8. The van der Waals surface area contributed by atoms with Crippen LogP contribution >= 0.6 is 22.6 Å². The molecule has 0 atom stereocenters. The van der Waals surface area contributed by atoms with Gasteiger partial charge < -0.3 is 4.18 Å². The van der Waals surface area contributed by atoms with Gasteiger partial charge in [-0.15, -0.1) is 0 Å². The second kappa shape index (κ2) is 3.83. The van der Waals surface area contributed by atoms with Crippen LogP contribution in [0.1, 0.15) is 5.56 Å². The molecule has 0 N–H and O–H groups in total. The quantitative estimate of drug-likeness (QED) is 0.619. The van der Waals surface area contributed by atoms with Gasteiger partial charge in [0, 0.05) is 0 Å². The second-order valence-corrected chi connectivity index (χ2v) is 5.46. The molecule has 0 radical (unpaired) electrons. The molecule has 0 unspecified atom stereocenters. The summed E-state index contributed by atoms with van der Waals surface area (Å²) in [6, 6.07) is 5.32. The number of aryl methyl sites for hydroxylation is 1. The van der Waals surface area contributed by atoms with Crippen molar-refractivity contribution in [1.82, 2.24) is 0 Å². The van der Waals surface area contributed by atoms with Gasteiger partial charge >= 0.3 is 10.1 Å². The van der Waals surface area contributed by atoms with Crippen LogP contribution in [0.5, 0.6) is 5.75 Å². The predicted octanol–water partition coefficient (Wildman–Crippen LogP) is 1.94. The molecule has 0 bridgehead atoms. The molecular weight excluding hydrogens is 303 g/mol. The van der Waals surface area contributed by atoms with Crippen LogP contribution < -0.4 is 4.18 Å². The third-order valence-electron chi connectivity index (χ3n) is 1.33. The second-order valence-electron chi connectivity index (χ2n) is 2.72. The van der Waals surface area contributed by atoms with Gasteiger partial charge in [-0.3, -0.25) is 0 Å². The lowest BCUT2D eigenvalue weighted by atomic mass is 10.2. The zero-order valence-electron chi connectivity index (χ0n) is 7.24. The van der Waals surface area contributed by atoms with E-state index in [2.05, 4.69) is 0 Å². The average Bonchev–Trinajstić information content (AvgIpc) is 1.93. The van der Waals surface area contributed by atoms with Crippen molar-refractivity contribution in [2.75, 3.05) is 6.26 Å². The molecule has 0 aromatic heterocycles. The van der Waals surface area contributed by atoms with Gasteiger partial charge in [-0.05, 0) is 47.2 Å². The topological polar surface area (TPSA) is 43.4 Å². The maximum Gasteiger partial charge on any atom is 0.306 e. The Labute approximate surface area is 91.4 Å². The molecule has 0 fully saturated rings. The SMILES string of the molecule is Cc1ccc(OS(C)(=O)=O)c(I)c1. The Morgan fingerprint density at radius 1 is 1.38 bits per heavy atom. The molecule has 1 aromatic carbocycles. The van der Waals surface area contributed by atoms with E-state index in [-0.39, 0.29) is 0 Å². The Bertz CT molecular complexity index is 411. The monoisotopic (exact) mass is 312 g/mol. The lowest BCUT2D eigenvalue weighted by molar-refractivity contribution is 0.491. The van der Waals surface area contributed by atoms with Crippen LogP contribution in [0.25, 0.3) is 0 Å². The van der Waals surface area contributed by atoms with E-state index in [4.69, 9.17) is 4.18 Å². The van der Waals surface area contributed by atoms with E-state index in [0.717, 1.165) is 15.4 Å². The van der Waals surface area contributed by atoms with Gasteiger partial charge in [0.15, 0.2) is 5.75 Å². The highest BCUT2D eigenvalue weighted by Crippen LogP contribution is 2.22. The van der Waals surface area contributed by atoms with E-state index in [1.165, 1.54) is 0 Å². The molecule has 0 spiro atoms. The fraction of sp³-hybridized carbons (Fsp3) is 0.250. The van der Waals surface area contributed by atoms with Gasteiger partial charge in [-0.25, -0.2) is 0 Å². The molecule has 1 aromatic rings. The third kappa shape index (κ3) is 3.51. The Morgan fingerprint density at radius 2 is 2.00 bits per heavy atom. The highest BCUT2D eigenvalue weighted by atomic mass is 127. The first-order chi connectivity index (χ1) is 5.88. The fourth-order valence-corrected chi connectivity index (χ4v) is 2.24. The summed E-state index contributed by atoms with van der Waals surface area (Å²) in [6.07, 6.45) is 1.03. The van der Waals surface area contributed by atoms with E-state index in [0.29, 0.717) is 5.75 Å². The summed E-state index contributed by atoms with van der Waals surface area (Å²) in [7, 11) is -3.42. The minimum atomic E-state index is -3.42. The Kier molecular flexibility index (Phi) is 3.18. The lowest BCUT2D eigenvalue weighted by Crippen LogP contribution is -2.06. The summed E-state index contributed by atoms with van der Waals surface area (Å²) in [6.45, 7) is 1.94. The molecule has 0 heterocycles. The normalized spacial score (nSPS) is 11.3. The summed E-state index contributed by atoms with van der Waals surface area (Å²) in [5.74, 6) is 0.383.